The van der Waals surface area contributed by atoms with Crippen molar-refractivity contribution in [1.29, 1.82) is 0 Å². The van der Waals surface area contributed by atoms with E-state index < -0.39 is 16.6 Å². The number of phenolic OH excluding ortho intramolecular Hbond substituents is 1. The molecular weight excluding hydrogens is 471 g/mol. The van der Waals surface area contributed by atoms with Crippen LogP contribution in [0.3, 0.4) is 0 Å². The van der Waals surface area contributed by atoms with Gasteiger partial charge in [0.05, 0.1) is 16.7 Å². The zero-order valence-corrected chi connectivity index (χ0v) is 20.5. The van der Waals surface area contributed by atoms with Gasteiger partial charge in [0, 0.05) is 41.9 Å². The Labute approximate surface area is 211 Å². The lowest BCUT2D eigenvalue weighted by Gasteiger charge is -2.63. The molecule has 3 atom stereocenters. The van der Waals surface area contributed by atoms with Crippen LogP contribution in [0.1, 0.15) is 41.6 Å². The number of hydrogen-bond donors (Lipinski definition) is 3. The topological polar surface area (TPSA) is 76.8 Å². The average Bonchev–Trinajstić information content (AvgIpc) is 3.50. The van der Waals surface area contributed by atoms with Gasteiger partial charge in [0.2, 0.25) is 0 Å². The third-order valence-electron chi connectivity index (χ3n) is 8.82. The first-order chi connectivity index (χ1) is 15.4. The fraction of sp³-hybridized carbons (Fsp3) is 0.444. The highest BCUT2D eigenvalue weighted by Crippen LogP contribution is 2.57. The number of aromatic nitrogens is 1. The number of likely N-dealkylation sites (tertiary alicyclic amines) is 1. The highest BCUT2D eigenvalue weighted by molar-refractivity contribution is 5.85. The number of phenols is 1. The zero-order valence-electron chi connectivity index (χ0n) is 18.9. The summed E-state index contributed by atoms with van der Waals surface area (Å²) in [4.78, 5) is 7.38. The van der Waals surface area contributed by atoms with Crippen molar-refractivity contribution in [3.8, 4) is 5.75 Å². The van der Waals surface area contributed by atoms with E-state index in [1.165, 1.54) is 5.56 Å². The van der Waals surface area contributed by atoms with Crippen LogP contribution in [-0.2, 0) is 24.7 Å². The van der Waals surface area contributed by atoms with Crippen LogP contribution < -0.4 is 0 Å². The lowest BCUT2D eigenvalue weighted by molar-refractivity contribution is -0.157. The van der Waals surface area contributed by atoms with E-state index in [-0.39, 0.29) is 36.6 Å². The van der Waals surface area contributed by atoms with Crippen molar-refractivity contribution in [2.45, 2.75) is 61.2 Å². The van der Waals surface area contributed by atoms with Gasteiger partial charge in [-0.1, -0.05) is 24.3 Å². The number of para-hydroxylation sites is 1. The first-order valence-electron chi connectivity index (χ1n) is 11.8. The van der Waals surface area contributed by atoms with Crippen LogP contribution in [0.2, 0.25) is 0 Å². The molecule has 3 aliphatic carbocycles. The summed E-state index contributed by atoms with van der Waals surface area (Å²) in [5.41, 5.74) is 3.44. The summed E-state index contributed by atoms with van der Waals surface area (Å²) >= 11 is 0. The van der Waals surface area contributed by atoms with Crippen molar-refractivity contribution < 1.29 is 15.3 Å². The van der Waals surface area contributed by atoms with Gasteiger partial charge < -0.3 is 15.3 Å². The summed E-state index contributed by atoms with van der Waals surface area (Å²) in [5.74, 6) is 0.255. The standard InChI is InChI=1S/C27H28N2O3.2ClH/c30-20-6-5-17-12-24-27(32)14-19-11-18-3-1-2-4-22(18)28-23(19)15-26(27,21(17)13-20)9-10-29(24)16-25(31)7-8-25;;/h1-6,11,13,24,30-32H,7-10,12,14-16H2;2*1H/t24-,26-,27-;;/m1../s1. The summed E-state index contributed by atoms with van der Waals surface area (Å²) in [6.45, 7) is 1.47. The summed E-state index contributed by atoms with van der Waals surface area (Å²) < 4.78 is 0. The lowest BCUT2D eigenvalue weighted by atomic mass is 9.49. The van der Waals surface area contributed by atoms with Crippen LogP contribution in [0.5, 0.6) is 5.75 Å². The van der Waals surface area contributed by atoms with E-state index in [0.29, 0.717) is 19.4 Å². The van der Waals surface area contributed by atoms with Crippen LogP contribution in [0.4, 0.5) is 0 Å². The summed E-state index contributed by atoms with van der Waals surface area (Å²) in [5, 5.41) is 34.7. The van der Waals surface area contributed by atoms with E-state index in [9.17, 15) is 15.3 Å². The molecule has 0 unspecified atom stereocenters. The number of nitrogens with zero attached hydrogens (tertiary/aromatic N) is 2. The largest absolute Gasteiger partial charge is 0.508 e. The van der Waals surface area contributed by atoms with Gasteiger partial charge in [-0.2, -0.15) is 0 Å². The Kier molecular flexibility index (Phi) is 5.47. The van der Waals surface area contributed by atoms with E-state index in [1.807, 2.05) is 24.3 Å². The summed E-state index contributed by atoms with van der Waals surface area (Å²) in [6, 6.07) is 16.0. The van der Waals surface area contributed by atoms with Gasteiger partial charge in [-0.3, -0.25) is 9.88 Å². The normalized spacial score (nSPS) is 30.2. The van der Waals surface area contributed by atoms with Gasteiger partial charge in [-0.15, -0.1) is 24.8 Å². The Balaban J connectivity index is 0.00000120. The number of rotatable bonds is 2. The van der Waals surface area contributed by atoms with Gasteiger partial charge in [0.25, 0.3) is 0 Å². The molecule has 5 nitrogen and oxygen atoms in total. The Morgan fingerprint density at radius 2 is 1.74 bits per heavy atom. The van der Waals surface area contributed by atoms with Gasteiger partial charge in [-0.05, 0) is 73.2 Å². The molecule has 0 amide bonds. The quantitative estimate of drug-likeness (QED) is 0.499. The minimum Gasteiger partial charge on any atom is -0.508 e. The summed E-state index contributed by atoms with van der Waals surface area (Å²) in [7, 11) is 0. The molecule has 7 rings (SSSR count). The van der Waals surface area contributed by atoms with Gasteiger partial charge in [-0.25, -0.2) is 0 Å². The van der Waals surface area contributed by atoms with E-state index in [2.05, 4.69) is 23.1 Å². The lowest BCUT2D eigenvalue weighted by Crippen LogP contribution is -2.74. The Morgan fingerprint density at radius 3 is 2.53 bits per heavy atom. The van der Waals surface area contributed by atoms with Gasteiger partial charge >= 0.3 is 0 Å². The predicted octanol–water partition coefficient (Wildman–Crippen LogP) is 3.71. The second-order valence-electron chi connectivity index (χ2n) is 10.7. The molecule has 0 radical (unpaired) electrons. The van der Waals surface area contributed by atoms with E-state index in [4.69, 9.17) is 4.98 Å². The maximum absolute atomic E-state index is 12.6. The molecule has 1 saturated carbocycles. The minimum atomic E-state index is -0.964. The second kappa shape index (κ2) is 7.81. The van der Waals surface area contributed by atoms with Gasteiger partial charge in [0.15, 0.2) is 0 Å². The molecule has 2 aromatic carbocycles. The number of benzene rings is 2. The van der Waals surface area contributed by atoms with Crippen molar-refractivity contribution in [2.75, 3.05) is 13.1 Å². The number of piperidine rings is 1. The molecule has 2 heterocycles. The Hall–Kier alpha value is -1.89. The van der Waals surface area contributed by atoms with E-state index in [1.54, 1.807) is 6.07 Å². The molecule has 1 aliphatic heterocycles. The van der Waals surface area contributed by atoms with Crippen LogP contribution in [0.25, 0.3) is 10.9 Å². The number of β-amino-alcohol motifs (C(OH)–C–C–N with tert-alkyl or cyclic N) is 1. The summed E-state index contributed by atoms with van der Waals surface area (Å²) in [6.07, 6.45) is 4.45. The highest BCUT2D eigenvalue weighted by atomic mass is 35.5. The minimum absolute atomic E-state index is 0. The molecule has 180 valence electrons. The van der Waals surface area contributed by atoms with E-state index >= 15 is 0 Å². The maximum atomic E-state index is 12.6. The zero-order chi connectivity index (χ0) is 21.7. The smallest absolute Gasteiger partial charge is 0.115 e. The molecule has 2 fully saturated rings. The molecule has 4 aliphatic rings. The molecule has 3 N–H and O–H groups in total. The molecule has 7 heteroatoms. The highest BCUT2D eigenvalue weighted by Gasteiger charge is 2.65. The van der Waals surface area contributed by atoms with Crippen molar-refractivity contribution in [3.63, 3.8) is 0 Å². The predicted molar refractivity (Wildman–Crippen MR) is 136 cm³/mol. The molecule has 0 spiro atoms. The van der Waals surface area contributed by atoms with Crippen molar-refractivity contribution in [2.24, 2.45) is 0 Å². The first-order valence-corrected chi connectivity index (χ1v) is 11.8. The van der Waals surface area contributed by atoms with Gasteiger partial charge in [0.1, 0.15) is 5.75 Å². The first kappa shape index (κ1) is 23.8. The molecule has 1 saturated heterocycles. The van der Waals surface area contributed by atoms with Crippen LogP contribution >= 0.6 is 24.8 Å². The maximum Gasteiger partial charge on any atom is 0.115 e. The Bertz CT molecular complexity index is 1280. The number of fused-ring (bicyclic) bond motifs is 3. The van der Waals surface area contributed by atoms with Crippen molar-refractivity contribution >= 4 is 35.7 Å². The number of aromatic hydroxyl groups is 1. The fourth-order valence-electron chi connectivity index (χ4n) is 6.97. The molecule has 1 aromatic heterocycles. The third kappa shape index (κ3) is 3.21. The van der Waals surface area contributed by atoms with Crippen LogP contribution in [0, 0.1) is 0 Å². The number of halogens is 2. The molecule has 3 aromatic rings. The van der Waals surface area contributed by atoms with Crippen LogP contribution in [-0.4, -0.2) is 55.5 Å². The second-order valence-corrected chi connectivity index (χ2v) is 10.7. The number of hydrogen-bond acceptors (Lipinski definition) is 5. The van der Waals surface area contributed by atoms with E-state index in [0.717, 1.165) is 60.0 Å². The molecular formula is C27H30Cl2N2O3. The Morgan fingerprint density at radius 1 is 0.941 bits per heavy atom. The number of pyridine rings is 1. The molecule has 2 bridgehead atoms. The van der Waals surface area contributed by atoms with Crippen molar-refractivity contribution in [3.05, 3.63) is 70.9 Å². The van der Waals surface area contributed by atoms with Crippen LogP contribution in [0.15, 0.2) is 48.5 Å². The fourth-order valence-corrected chi connectivity index (χ4v) is 6.97. The molecule has 34 heavy (non-hydrogen) atoms. The average molecular weight is 501 g/mol. The SMILES string of the molecule is Cl.Cl.Oc1ccc2c(c1)[C@]13CCN(CC4(O)CC4)[C@H](C2)[C@]1(O)Cc1cc2ccccc2nc1C3. The third-order valence-corrected chi connectivity index (χ3v) is 8.82. The monoisotopic (exact) mass is 500 g/mol. The number of aliphatic hydroxyl groups is 2. The van der Waals surface area contributed by atoms with Crippen molar-refractivity contribution in [1.82, 2.24) is 9.88 Å².